The fraction of sp³-hybridized carbons (Fsp3) is 0.333. The number of carbonyl (C=O) groups excluding carboxylic acids is 2. The van der Waals surface area contributed by atoms with E-state index in [0.717, 1.165) is 24.0 Å². The number of amides is 2. The first-order chi connectivity index (χ1) is 11.7. The summed E-state index contributed by atoms with van der Waals surface area (Å²) in [6.45, 7) is 0.552. The van der Waals surface area contributed by atoms with E-state index in [1.54, 1.807) is 17.6 Å². The Morgan fingerprint density at radius 2 is 1.96 bits per heavy atom. The number of allylic oxidation sites excluding steroid dienone is 2. The highest BCUT2D eigenvalue weighted by molar-refractivity contribution is 5.87. The quantitative estimate of drug-likeness (QED) is 0.173. The molecule has 0 spiro atoms. The van der Waals surface area contributed by atoms with Gasteiger partial charge in [-0.3, -0.25) is 14.8 Å². The molecule has 4 N–H and O–H groups in total. The van der Waals surface area contributed by atoms with Crippen molar-refractivity contribution in [3.63, 3.8) is 0 Å². The van der Waals surface area contributed by atoms with E-state index >= 15 is 0 Å². The summed E-state index contributed by atoms with van der Waals surface area (Å²) in [5.74, 6) is -0.560. The summed E-state index contributed by atoms with van der Waals surface area (Å²) < 4.78 is 0. The first-order valence-electron chi connectivity index (χ1n) is 7.91. The predicted octanol–water partition coefficient (Wildman–Crippen LogP) is 1.93. The Labute approximate surface area is 141 Å². The topological polar surface area (TPSA) is 98.7 Å². The van der Waals surface area contributed by atoms with Crippen LogP contribution in [0.2, 0.25) is 0 Å². The van der Waals surface area contributed by atoms with Crippen molar-refractivity contribution in [3.05, 3.63) is 53.6 Å². The second kappa shape index (κ2) is 12.0. The maximum absolute atomic E-state index is 11.6. The Balaban J connectivity index is 2.19. The van der Waals surface area contributed by atoms with E-state index in [9.17, 15) is 9.59 Å². The van der Waals surface area contributed by atoms with E-state index in [1.807, 2.05) is 30.3 Å². The minimum absolute atomic E-state index is 0.00456. The molecule has 0 fully saturated rings. The van der Waals surface area contributed by atoms with Gasteiger partial charge in [0.1, 0.15) is 0 Å². The minimum Gasteiger partial charge on any atom is -0.392 e. The van der Waals surface area contributed by atoms with Gasteiger partial charge in [-0.15, -0.1) is 0 Å². The normalized spacial score (nSPS) is 11.1. The van der Waals surface area contributed by atoms with Crippen LogP contribution in [0.25, 0.3) is 6.08 Å². The summed E-state index contributed by atoms with van der Waals surface area (Å²) in [7, 11) is 0. The molecule has 0 unspecified atom stereocenters. The van der Waals surface area contributed by atoms with Crippen LogP contribution in [0, 0.1) is 0 Å². The van der Waals surface area contributed by atoms with Crippen LogP contribution in [0.3, 0.4) is 0 Å². The fourth-order valence-corrected chi connectivity index (χ4v) is 2.02. The summed E-state index contributed by atoms with van der Waals surface area (Å²) in [6.07, 6.45) is 9.28. The van der Waals surface area contributed by atoms with Crippen LogP contribution in [0.5, 0.6) is 0 Å². The number of carbonyl (C=O) groups is 2. The maximum Gasteiger partial charge on any atom is 0.243 e. The number of hydrogen-bond acceptors (Lipinski definition) is 4. The average Bonchev–Trinajstić information content (AvgIpc) is 2.61. The van der Waals surface area contributed by atoms with E-state index in [-0.39, 0.29) is 18.9 Å². The summed E-state index contributed by atoms with van der Waals surface area (Å²) in [4.78, 5) is 22.4. The third kappa shape index (κ3) is 8.87. The predicted molar refractivity (Wildman–Crippen MR) is 91.9 cm³/mol. The second-order valence-corrected chi connectivity index (χ2v) is 5.26. The van der Waals surface area contributed by atoms with Gasteiger partial charge in [-0.25, -0.2) is 5.48 Å². The summed E-state index contributed by atoms with van der Waals surface area (Å²) in [5.41, 5.74) is 3.38. The number of aliphatic hydroxyl groups is 1. The molecule has 0 saturated carbocycles. The molecule has 0 aromatic heterocycles. The van der Waals surface area contributed by atoms with Gasteiger partial charge in [0.15, 0.2) is 0 Å². The molecular formula is C18H24N2O4. The molecular weight excluding hydrogens is 308 g/mol. The fourth-order valence-electron chi connectivity index (χ4n) is 2.02. The lowest BCUT2D eigenvalue weighted by atomic mass is 10.1. The minimum atomic E-state index is -0.390. The number of hydroxylamine groups is 1. The van der Waals surface area contributed by atoms with Crippen molar-refractivity contribution in [2.24, 2.45) is 0 Å². The molecule has 0 saturated heterocycles. The van der Waals surface area contributed by atoms with Crippen molar-refractivity contribution in [1.82, 2.24) is 10.8 Å². The van der Waals surface area contributed by atoms with Crippen molar-refractivity contribution in [1.29, 1.82) is 0 Å². The van der Waals surface area contributed by atoms with E-state index in [2.05, 4.69) is 5.32 Å². The zero-order chi connectivity index (χ0) is 17.6. The van der Waals surface area contributed by atoms with Crippen molar-refractivity contribution in [2.75, 3.05) is 6.54 Å². The van der Waals surface area contributed by atoms with E-state index < -0.39 is 5.91 Å². The van der Waals surface area contributed by atoms with Gasteiger partial charge in [0.2, 0.25) is 11.8 Å². The molecule has 24 heavy (non-hydrogen) atoms. The molecule has 130 valence electrons. The van der Waals surface area contributed by atoms with Gasteiger partial charge >= 0.3 is 0 Å². The van der Waals surface area contributed by atoms with Gasteiger partial charge in [0.05, 0.1) is 6.61 Å². The lowest BCUT2D eigenvalue weighted by molar-refractivity contribution is -0.129. The first kappa shape index (κ1) is 19.6. The van der Waals surface area contributed by atoms with E-state index in [1.165, 1.54) is 6.08 Å². The van der Waals surface area contributed by atoms with Crippen LogP contribution in [0.4, 0.5) is 0 Å². The number of unbranched alkanes of at least 4 members (excludes halogenated alkanes) is 2. The largest absolute Gasteiger partial charge is 0.392 e. The zero-order valence-electron chi connectivity index (χ0n) is 13.6. The van der Waals surface area contributed by atoms with Crippen LogP contribution in [0.15, 0.2) is 42.5 Å². The van der Waals surface area contributed by atoms with Crippen LogP contribution in [-0.2, 0) is 16.2 Å². The first-order valence-corrected chi connectivity index (χ1v) is 7.91. The van der Waals surface area contributed by atoms with Crippen molar-refractivity contribution < 1.29 is 19.9 Å². The molecule has 0 atom stereocenters. The second-order valence-electron chi connectivity index (χ2n) is 5.26. The smallest absolute Gasteiger partial charge is 0.243 e. The van der Waals surface area contributed by atoms with E-state index in [4.69, 9.17) is 10.3 Å². The Morgan fingerprint density at radius 3 is 2.71 bits per heavy atom. The van der Waals surface area contributed by atoms with E-state index in [0.29, 0.717) is 13.0 Å². The summed E-state index contributed by atoms with van der Waals surface area (Å²) in [6, 6.07) is 7.50. The monoisotopic (exact) mass is 332 g/mol. The molecule has 2 amide bonds. The Bertz CT molecular complexity index is 582. The van der Waals surface area contributed by atoms with Crippen LogP contribution in [0.1, 0.15) is 36.8 Å². The maximum atomic E-state index is 11.6. The van der Waals surface area contributed by atoms with Crippen molar-refractivity contribution in [2.45, 2.75) is 32.3 Å². The molecule has 1 aromatic rings. The molecule has 1 rings (SSSR count). The van der Waals surface area contributed by atoms with Crippen LogP contribution < -0.4 is 10.8 Å². The average molecular weight is 332 g/mol. The number of aliphatic hydroxyl groups excluding tert-OH is 1. The molecule has 0 aliphatic carbocycles. The van der Waals surface area contributed by atoms with Gasteiger partial charge in [-0.1, -0.05) is 42.8 Å². The molecule has 0 bridgehead atoms. The van der Waals surface area contributed by atoms with Crippen molar-refractivity contribution >= 4 is 17.9 Å². The van der Waals surface area contributed by atoms with Gasteiger partial charge in [0, 0.05) is 19.0 Å². The number of nitrogens with one attached hydrogen (secondary N) is 2. The van der Waals surface area contributed by atoms with Gasteiger partial charge in [0.25, 0.3) is 0 Å². The molecule has 0 heterocycles. The molecule has 1 aromatic carbocycles. The van der Waals surface area contributed by atoms with Gasteiger partial charge in [-0.05, 0) is 30.0 Å². The Kier molecular flexibility index (Phi) is 9.84. The van der Waals surface area contributed by atoms with Gasteiger partial charge in [-0.2, -0.15) is 0 Å². The van der Waals surface area contributed by atoms with Crippen molar-refractivity contribution in [3.8, 4) is 0 Å². The van der Waals surface area contributed by atoms with Gasteiger partial charge < -0.3 is 10.4 Å². The summed E-state index contributed by atoms with van der Waals surface area (Å²) >= 11 is 0. The highest BCUT2D eigenvalue weighted by atomic mass is 16.5. The molecule has 0 aliphatic rings. The Hall–Kier alpha value is -2.44. The third-order valence-electron chi connectivity index (χ3n) is 3.29. The third-order valence-corrected chi connectivity index (χ3v) is 3.29. The highest BCUT2D eigenvalue weighted by Gasteiger charge is 1.98. The Morgan fingerprint density at radius 1 is 1.12 bits per heavy atom. The molecule has 0 aliphatic heterocycles. The summed E-state index contributed by atoms with van der Waals surface area (Å²) in [5, 5.41) is 20.2. The standard InChI is InChI=1S/C18H24N2O4/c21-14-16-9-6-8-15(13-16)7-3-4-10-17(22)19-12-5-1-2-11-18(23)20-24/h3-4,6-10,13,21,24H,1-2,5,11-12,14H2,(H,19,22)(H,20,23)/b7-3+,10-4+. The lowest BCUT2D eigenvalue weighted by Gasteiger charge is -2.02. The zero-order valence-corrected chi connectivity index (χ0v) is 13.6. The number of benzene rings is 1. The lowest BCUT2D eigenvalue weighted by Crippen LogP contribution is -2.22. The number of rotatable bonds is 10. The molecule has 6 nitrogen and oxygen atoms in total. The molecule has 6 heteroatoms. The molecule has 0 radical (unpaired) electrons. The van der Waals surface area contributed by atoms with Crippen LogP contribution >= 0.6 is 0 Å². The number of hydrogen-bond donors (Lipinski definition) is 4. The SMILES string of the molecule is O=C(/C=C/C=C/c1cccc(CO)c1)NCCCCCC(=O)NO. The van der Waals surface area contributed by atoms with Crippen LogP contribution in [-0.4, -0.2) is 28.7 Å². The highest BCUT2D eigenvalue weighted by Crippen LogP contribution is 2.07.